The van der Waals surface area contributed by atoms with Gasteiger partial charge in [-0.15, -0.1) is 0 Å². The molecule has 6 aliphatic rings. The number of likely N-dealkylation sites (N-methyl/N-ethyl adjacent to an activating group) is 1. The Morgan fingerprint density at radius 2 is 1.61 bits per heavy atom. The van der Waals surface area contributed by atoms with Crippen LogP contribution in [0, 0.1) is 55.7 Å². The van der Waals surface area contributed by atoms with Crippen molar-refractivity contribution < 1.29 is 14.4 Å². The molecule has 1 saturated heterocycles. The molecule has 0 aromatic carbocycles. The summed E-state index contributed by atoms with van der Waals surface area (Å²) in [6.07, 6.45) is 10.1. The van der Waals surface area contributed by atoms with Crippen molar-refractivity contribution in [2.24, 2.45) is 44.3 Å². The third kappa shape index (κ3) is 2.45. The number of nitrogens with zero attached hydrogens (tertiary/aromatic N) is 2. The first-order valence-corrected chi connectivity index (χ1v) is 14.8. The van der Waals surface area contributed by atoms with Crippen LogP contribution in [-0.2, 0) is 14.4 Å². The van der Waals surface area contributed by atoms with Gasteiger partial charge in [0.05, 0.1) is 11.0 Å². The molecule has 0 aromatic rings. The van der Waals surface area contributed by atoms with Crippen LogP contribution in [-0.4, -0.2) is 34.5 Å². The summed E-state index contributed by atoms with van der Waals surface area (Å²) in [4.78, 5) is 44.6. The quantitative estimate of drug-likeness (QED) is 0.416. The fourth-order valence-corrected chi connectivity index (χ4v) is 11.4. The number of fused-ring (bicyclic) bond motifs is 4. The number of rotatable bonds is 1. The Kier molecular flexibility index (Phi) is 4.86. The van der Waals surface area contributed by atoms with Crippen LogP contribution in [0.1, 0.15) is 100 Å². The summed E-state index contributed by atoms with van der Waals surface area (Å²) in [5, 5.41) is 9.94. The molecule has 5 aliphatic carbocycles. The van der Waals surface area contributed by atoms with Crippen molar-refractivity contribution in [1.82, 2.24) is 4.90 Å². The molecule has 0 unspecified atom stereocenters. The summed E-state index contributed by atoms with van der Waals surface area (Å²) in [5.74, 6) is 0.270. The first kappa shape index (κ1) is 26.0. The van der Waals surface area contributed by atoms with Gasteiger partial charge in [-0.3, -0.25) is 14.4 Å². The summed E-state index contributed by atoms with van der Waals surface area (Å²) in [5.41, 5.74) is -1.84. The number of nitriles is 1. The van der Waals surface area contributed by atoms with Crippen LogP contribution in [0.3, 0.4) is 0 Å². The maximum atomic E-state index is 15.0. The van der Waals surface area contributed by atoms with Crippen LogP contribution in [0.2, 0.25) is 0 Å². The molecular formula is C33H44N2O3. The Morgan fingerprint density at radius 3 is 2.24 bits per heavy atom. The van der Waals surface area contributed by atoms with Crippen LogP contribution in [0.15, 0.2) is 23.3 Å². The van der Waals surface area contributed by atoms with Crippen LogP contribution in [0.4, 0.5) is 0 Å². The van der Waals surface area contributed by atoms with E-state index in [1.807, 2.05) is 37.8 Å². The maximum Gasteiger partial charge on any atom is 0.230 e. The number of carbonyl (C=O) groups is 3. The lowest BCUT2D eigenvalue weighted by atomic mass is 9.33. The zero-order valence-electron chi connectivity index (χ0n) is 24.6. The minimum atomic E-state index is -0.835. The predicted molar refractivity (Wildman–Crippen MR) is 146 cm³/mol. The second-order valence-corrected chi connectivity index (χ2v) is 15.6. The molecule has 38 heavy (non-hydrogen) atoms. The number of likely N-dealkylation sites (tertiary alicyclic amines) is 1. The Morgan fingerprint density at radius 1 is 0.947 bits per heavy atom. The number of allylic oxidation sites excluding steroid dienone is 3. The second-order valence-electron chi connectivity index (χ2n) is 15.6. The van der Waals surface area contributed by atoms with Crippen molar-refractivity contribution in [1.29, 1.82) is 5.26 Å². The molecule has 3 saturated carbocycles. The average Bonchev–Trinajstić information content (AvgIpc) is 3.00. The van der Waals surface area contributed by atoms with Gasteiger partial charge in [0.25, 0.3) is 0 Å². The van der Waals surface area contributed by atoms with Gasteiger partial charge < -0.3 is 4.90 Å². The summed E-state index contributed by atoms with van der Waals surface area (Å²) < 4.78 is 0. The minimum absolute atomic E-state index is 0.0205. The summed E-state index contributed by atoms with van der Waals surface area (Å²) in [7, 11) is 0. The normalized spacial score (nSPS) is 48.2. The van der Waals surface area contributed by atoms with Gasteiger partial charge >= 0.3 is 0 Å². The lowest BCUT2D eigenvalue weighted by Gasteiger charge is -2.71. The number of ketones is 2. The van der Waals surface area contributed by atoms with E-state index in [1.165, 1.54) is 0 Å². The van der Waals surface area contributed by atoms with E-state index < -0.39 is 27.2 Å². The van der Waals surface area contributed by atoms with Crippen molar-refractivity contribution in [2.45, 2.75) is 106 Å². The molecule has 4 fully saturated rings. The van der Waals surface area contributed by atoms with Crippen LogP contribution >= 0.6 is 0 Å². The predicted octanol–water partition coefficient (Wildman–Crippen LogP) is 6.19. The van der Waals surface area contributed by atoms with E-state index in [0.29, 0.717) is 6.54 Å². The molecule has 5 nitrogen and oxygen atoms in total. The highest BCUT2D eigenvalue weighted by molar-refractivity contribution is 6.08. The number of Topliss-reactive ketones (excluding diaryl/α,β-unsaturated/α-hetero) is 1. The molecule has 7 atom stereocenters. The second kappa shape index (κ2) is 7.10. The van der Waals surface area contributed by atoms with E-state index in [9.17, 15) is 19.6 Å². The van der Waals surface area contributed by atoms with Crippen molar-refractivity contribution in [3.63, 3.8) is 0 Å². The molecule has 204 valence electrons. The Labute approximate surface area is 228 Å². The largest absolute Gasteiger partial charge is 0.328 e. The van der Waals surface area contributed by atoms with E-state index >= 15 is 0 Å². The molecule has 0 aromatic heterocycles. The first-order chi connectivity index (χ1) is 17.5. The van der Waals surface area contributed by atoms with Gasteiger partial charge in [0.2, 0.25) is 5.91 Å². The molecule has 5 heteroatoms. The van der Waals surface area contributed by atoms with E-state index in [0.717, 1.165) is 50.5 Å². The van der Waals surface area contributed by atoms with Gasteiger partial charge in [0.1, 0.15) is 11.6 Å². The molecule has 1 heterocycles. The first-order valence-electron chi connectivity index (χ1n) is 14.8. The molecule has 0 radical (unpaired) electrons. The van der Waals surface area contributed by atoms with Crippen molar-refractivity contribution in [2.75, 3.05) is 6.54 Å². The highest BCUT2D eigenvalue weighted by Gasteiger charge is 2.82. The fraction of sp³-hybridized carbons (Fsp3) is 0.758. The Hall–Kier alpha value is -2.22. The fourth-order valence-electron chi connectivity index (χ4n) is 11.4. The molecule has 1 spiro atoms. The lowest BCUT2D eigenvalue weighted by molar-refractivity contribution is -0.180. The van der Waals surface area contributed by atoms with E-state index in [2.05, 4.69) is 40.7 Å². The third-order valence-corrected chi connectivity index (χ3v) is 13.5. The molecule has 1 aliphatic heterocycles. The van der Waals surface area contributed by atoms with Gasteiger partial charge in [-0.1, -0.05) is 54.5 Å². The zero-order valence-corrected chi connectivity index (χ0v) is 24.6. The summed E-state index contributed by atoms with van der Waals surface area (Å²) in [6.45, 7) is 18.0. The lowest BCUT2D eigenvalue weighted by Crippen LogP contribution is -2.74. The summed E-state index contributed by atoms with van der Waals surface area (Å²) in [6, 6.07) is 2.19. The van der Waals surface area contributed by atoms with Gasteiger partial charge in [-0.25, -0.2) is 0 Å². The minimum Gasteiger partial charge on any atom is -0.328 e. The highest BCUT2D eigenvalue weighted by atomic mass is 16.2. The van der Waals surface area contributed by atoms with Crippen molar-refractivity contribution >= 4 is 17.5 Å². The van der Waals surface area contributed by atoms with Gasteiger partial charge in [-0.2, -0.15) is 5.26 Å². The number of carbonyl (C=O) groups excluding carboxylic acids is 3. The zero-order chi connectivity index (χ0) is 27.9. The SMILES string of the molecule is CCN1C(=O)[C@]23CCC(C)(C)C[C@H]2[C@]12C(=O)C=C1[C@@]4(C)C=C(C#N)C(=O)C(C)(C)[C@@H]4CC[C@@]1(C)[C@]2(C)CC3. The standard InChI is InChI=1S/C33H44N2O3/c1-9-35-26(38)32-14-12-27(2,3)18-23(32)33(35)24(36)16-22-29(6)17-20(19-34)25(37)28(4,5)21(29)10-11-30(22,7)31(33,8)13-15-32/h16-17,21,23H,9-15,18H2,1-8H3/t21-,23+,29-,30+,31-,32-,33+/m0/s1. The average molecular weight is 517 g/mol. The number of amides is 1. The van der Waals surface area contributed by atoms with E-state index in [4.69, 9.17) is 0 Å². The van der Waals surface area contributed by atoms with Gasteiger partial charge in [0.15, 0.2) is 11.6 Å². The molecule has 1 amide bonds. The van der Waals surface area contributed by atoms with Crippen LogP contribution in [0.5, 0.6) is 0 Å². The molecule has 6 rings (SSSR count). The van der Waals surface area contributed by atoms with Crippen molar-refractivity contribution in [3.05, 3.63) is 23.3 Å². The molecular weight excluding hydrogens is 472 g/mol. The third-order valence-electron chi connectivity index (χ3n) is 13.5. The number of hydrogen-bond acceptors (Lipinski definition) is 4. The number of hydrogen-bond donors (Lipinski definition) is 0. The Bertz CT molecular complexity index is 1300. The highest BCUT2D eigenvalue weighted by Crippen LogP contribution is 2.79. The monoisotopic (exact) mass is 516 g/mol. The molecule has 2 bridgehead atoms. The van der Waals surface area contributed by atoms with Crippen LogP contribution < -0.4 is 0 Å². The van der Waals surface area contributed by atoms with E-state index in [-0.39, 0.29) is 45.7 Å². The van der Waals surface area contributed by atoms with Gasteiger partial charge in [-0.05, 0) is 80.3 Å². The van der Waals surface area contributed by atoms with Gasteiger partial charge in [0, 0.05) is 28.7 Å². The van der Waals surface area contributed by atoms with Crippen molar-refractivity contribution in [3.8, 4) is 6.07 Å². The smallest absolute Gasteiger partial charge is 0.230 e. The van der Waals surface area contributed by atoms with E-state index in [1.54, 1.807) is 0 Å². The molecule has 0 N–H and O–H groups in total. The Balaban J connectivity index is 1.64. The maximum absolute atomic E-state index is 15.0. The van der Waals surface area contributed by atoms with Crippen LogP contribution in [0.25, 0.3) is 0 Å². The topological polar surface area (TPSA) is 78.2 Å². The summed E-state index contributed by atoms with van der Waals surface area (Å²) >= 11 is 0.